The second kappa shape index (κ2) is 5.37. The van der Waals surface area contributed by atoms with E-state index in [0.29, 0.717) is 28.8 Å². The summed E-state index contributed by atoms with van der Waals surface area (Å²) < 4.78 is 10.3. The van der Waals surface area contributed by atoms with Gasteiger partial charge in [0.05, 0.1) is 16.8 Å². The van der Waals surface area contributed by atoms with Gasteiger partial charge in [-0.3, -0.25) is 0 Å². The number of aromatic nitrogens is 2. The molecule has 2 aromatic rings. The van der Waals surface area contributed by atoms with Crippen LogP contribution in [0.3, 0.4) is 0 Å². The van der Waals surface area contributed by atoms with Gasteiger partial charge >= 0.3 is 0 Å². The first-order chi connectivity index (χ1) is 8.60. The highest BCUT2D eigenvalue weighted by atomic mass is 35.5. The van der Waals surface area contributed by atoms with Crippen molar-refractivity contribution in [1.29, 1.82) is 0 Å². The molecular weight excluding hydrogens is 254 g/mol. The quantitative estimate of drug-likeness (QED) is 0.862. The number of anilines is 1. The first-order valence-corrected chi connectivity index (χ1v) is 5.88. The topological polar surface area (TPSA) is 74.2 Å². The lowest BCUT2D eigenvalue weighted by Gasteiger charge is -2.04. The fourth-order valence-corrected chi connectivity index (χ4v) is 1.64. The van der Waals surface area contributed by atoms with Crippen LogP contribution in [0, 0.1) is 0 Å². The van der Waals surface area contributed by atoms with Crippen molar-refractivity contribution in [3.8, 4) is 11.5 Å². The minimum atomic E-state index is 0.0467. The third kappa shape index (κ3) is 2.80. The standard InChI is InChI=1S/C12H14ClN3O2/c1-7(17-2)5-11-15-12(18-16-11)8-3-4-10(14)9(13)6-8/h3-4,6-7H,5,14H2,1-2H3. The van der Waals surface area contributed by atoms with Gasteiger partial charge in [-0.1, -0.05) is 16.8 Å². The lowest BCUT2D eigenvalue weighted by Crippen LogP contribution is -2.09. The Morgan fingerprint density at radius 3 is 2.94 bits per heavy atom. The van der Waals surface area contributed by atoms with Gasteiger partial charge in [0.2, 0.25) is 0 Å². The van der Waals surface area contributed by atoms with E-state index in [4.69, 9.17) is 26.6 Å². The minimum absolute atomic E-state index is 0.0467. The van der Waals surface area contributed by atoms with Crippen LogP contribution in [0.1, 0.15) is 12.7 Å². The average molecular weight is 268 g/mol. The normalized spacial score (nSPS) is 12.6. The van der Waals surface area contributed by atoms with Crippen LogP contribution in [-0.2, 0) is 11.2 Å². The Labute approximate surface area is 110 Å². The molecule has 0 spiro atoms. The Hall–Kier alpha value is -1.59. The van der Waals surface area contributed by atoms with Gasteiger partial charge in [0.1, 0.15) is 0 Å². The van der Waals surface area contributed by atoms with E-state index in [1.165, 1.54) is 0 Å². The van der Waals surface area contributed by atoms with Gasteiger partial charge in [-0.2, -0.15) is 4.98 Å². The van der Waals surface area contributed by atoms with Crippen LogP contribution >= 0.6 is 11.6 Å². The molecule has 0 saturated heterocycles. The van der Waals surface area contributed by atoms with Crippen molar-refractivity contribution in [3.63, 3.8) is 0 Å². The molecule has 1 aromatic heterocycles. The van der Waals surface area contributed by atoms with Gasteiger partial charge in [0.15, 0.2) is 5.82 Å². The predicted octanol–water partition coefficient (Wildman–Crippen LogP) is 2.55. The number of hydrogen-bond donors (Lipinski definition) is 1. The molecule has 0 fully saturated rings. The molecule has 6 heteroatoms. The Morgan fingerprint density at radius 1 is 1.50 bits per heavy atom. The maximum absolute atomic E-state index is 5.94. The Morgan fingerprint density at radius 2 is 2.28 bits per heavy atom. The molecule has 0 saturated carbocycles. The average Bonchev–Trinajstić information content (AvgIpc) is 2.81. The number of benzene rings is 1. The zero-order chi connectivity index (χ0) is 13.1. The predicted molar refractivity (Wildman–Crippen MR) is 69.3 cm³/mol. The molecule has 0 aliphatic heterocycles. The SMILES string of the molecule is COC(C)Cc1noc(-c2ccc(N)c(Cl)c2)n1. The molecule has 0 aliphatic carbocycles. The zero-order valence-corrected chi connectivity index (χ0v) is 10.9. The number of methoxy groups -OCH3 is 1. The first-order valence-electron chi connectivity index (χ1n) is 5.51. The smallest absolute Gasteiger partial charge is 0.257 e. The summed E-state index contributed by atoms with van der Waals surface area (Å²) in [5, 5.41) is 4.36. The highest BCUT2D eigenvalue weighted by molar-refractivity contribution is 6.33. The van der Waals surface area contributed by atoms with Gasteiger partial charge in [-0.15, -0.1) is 0 Å². The maximum atomic E-state index is 5.94. The van der Waals surface area contributed by atoms with Gasteiger partial charge in [0.25, 0.3) is 5.89 Å². The van der Waals surface area contributed by atoms with E-state index in [9.17, 15) is 0 Å². The monoisotopic (exact) mass is 267 g/mol. The lowest BCUT2D eigenvalue weighted by molar-refractivity contribution is 0.116. The summed E-state index contributed by atoms with van der Waals surface area (Å²) in [6.45, 7) is 1.94. The van der Waals surface area contributed by atoms with Crippen LogP contribution in [0.15, 0.2) is 22.7 Å². The summed E-state index contributed by atoms with van der Waals surface area (Å²) in [5.41, 5.74) is 6.91. The van der Waals surface area contributed by atoms with Crippen molar-refractivity contribution in [2.45, 2.75) is 19.4 Å². The fourth-order valence-electron chi connectivity index (χ4n) is 1.45. The molecule has 1 atom stereocenters. The Balaban J connectivity index is 2.21. The van der Waals surface area contributed by atoms with Gasteiger partial charge in [-0.05, 0) is 25.1 Å². The molecule has 0 amide bonds. The number of hydrogen-bond acceptors (Lipinski definition) is 5. The van der Waals surface area contributed by atoms with Crippen molar-refractivity contribution in [3.05, 3.63) is 29.0 Å². The largest absolute Gasteiger partial charge is 0.398 e. The number of nitrogens with zero attached hydrogens (tertiary/aromatic N) is 2. The first kappa shape index (κ1) is 12.9. The summed E-state index contributed by atoms with van der Waals surface area (Å²) in [6.07, 6.45) is 0.647. The molecule has 2 N–H and O–H groups in total. The van der Waals surface area contributed by atoms with E-state index in [1.807, 2.05) is 6.92 Å². The lowest BCUT2D eigenvalue weighted by atomic mass is 10.2. The van der Waals surface area contributed by atoms with E-state index in [2.05, 4.69) is 10.1 Å². The summed E-state index contributed by atoms with van der Waals surface area (Å²) in [6, 6.07) is 5.20. The van der Waals surface area contributed by atoms with Crippen LogP contribution in [0.5, 0.6) is 0 Å². The Bertz CT molecular complexity index is 542. The molecule has 0 aliphatic rings. The van der Waals surface area contributed by atoms with E-state index in [0.717, 1.165) is 5.56 Å². The van der Waals surface area contributed by atoms with Crippen LogP contribution in [0.4, 0.5) is 5.69 Å². The zero-order valence-electron chi connectivity index (χ0n) is 10.2. The molecule has 96 valence electrons. The van der Waals surface area contributed by atoms with Crippen LogP contribution in [0.25, 0.3) is 11.5 Å². The third-order valence-electron chi connectivity index (χ3n) is 2.59. The van der Waals surface area contributed by atoms with Gasteiger partial charge in [-0.25, -0.2) is 0 Å². The number of halogens is 1. The van der Waals surface area contributed by atoms with Crippen LogP contribution < -0.4 is 5.73 Å². The fraction of sp³-hybridized carbons (Fsp3) is 0.333. The van der Waals surface area contributed by atoms with Crippen molar-refractivity contribution in [1.82, 2.24) is 10.1 Å². The van der Waals surface area contributed by atoms with E-state index >= 15 is 0 Å². The van der Waals surface area contributed by atoms with E-state index < -0.39 is 0 Å². The molecule has 0 bridgehead atoms. The summed E-state index contributed by atoms with van der Waals surface area (Å²) in [7, 11) is 1.64. The van der Waals surface area contributed by atoms with Gasteiger partial charge < -0.3 is 15.0 Å². The molecule has 2 rings (SSSR count). The molecule has 18 heavy (non-hydrogen) atoms. The number of ether oxygens (including phenoxy) is 1. The molecule has 1 heterocycles. The minimum Gasteiger partial charge on any atom is -0.398 e. The van der Waals surface area contributed by atoms with E-state index in [1.54, 1.807) is 25.3 Å². The summed E-state index contributed by atoms with van der Waals surface area (Å²) in [5.74, 6) is 1.03. The van der Waals surface area contributed by atoms with Crippen molar-refractivity contribution in [2.24, 2.45) is 0 Å². The summed E-state index contributed by atoms with van der Waals surface area (Å²) >= 11 is 5.94. The molecular formula is C12H14ClN3O2. The van der Waals surface area contributed by atoms with Crippen molar-refractivity contribution in [2.75, 3.05) is 12.8 Å². The highest BCUT2D eigenvalue weighted by Crippen LogP contribution is 2.25. The summed E-state index contributed by atoms with van der Waals surface area (Å²) in [4.78, 5) is 4.28. The number of rotatable bonds is 4. The van der Waals surface area contributed by atoms with Crippen LogP contribution in [0.2, 0.25) is 5.02 Å². The highest BCUT2D eigenvalue weighted by Gasteiger charge is 2.12. The molecule has 0 radical (unpaired) electrons. The van der Waals surface area contributed by atoms with Crippen molar-refractivity contribution >= 4 is 17.3 Å². The number of nitrogen functional groups attached to an aromatic ring is 1. The maximum Gasteiger partial charge on any atom is 0.257 e. The third-order valence-corrected chi connectivity index (χ3v) is 2.92. The number of nitrogens with two attached hydrogens (primary N) is 1. The van der Waals surface area contributed by atoms with Crippen molar-refractivity contribution < 1.29 is 9.26 Å². The molecule has 5 nitrogen and oxygen atoms in total. The van der Waals surface area contributed by atoms with E-state index in [-0.39, 0.29) is 6.10 Å². The second-order valence-corrected chi connectivity index (χ2v) is 4.41. The molecule has 1 aromatic carbocycles. The second-order valence-electron chi connectivity index (χ2n) is 4.00. The Kier molecular flexibility index (Phi) is 3.84. The van der Waals surface area contributed by atoms with Crippen LogP contribution in [-0.4, -0.2) is 23.4 Å². The van der Waals surface area contributed by atoms with Gasteiger partial charge in [0, 0.05) is 19.1 Å². The molecule has 1 unspecified atom stereocenters.